The van der Waals surface area contributed by atoms with Gasteiger partial charge in [0.2, 0.25) is 5.91 Å². The second-order valence-electron chi connectivity index (χ2n) is 5.87. The van der Waals surface area contributed by atoms with Crippen LogP contribution in [0.25, 0.3) is 0 Å². The number of carbonyl (C=O) groups excluding carboxylic acids is 2. The molecule has 5 nitrogen and oxygen atoms in total. The van der Waals surface area contributed by atoms with Gasteiger partial charge in [-0.05, 0) is 12.1 Å². The number of hydrogen-bond donors (Lipinski definition) is 0. The first-order chi connectivity index (χ1) is 10.9. The van der Waals surface area contributed by atoms with Crippen LogP contribution in [-0.4, -0.2) is 35.3 Å². The zero-order chi connectivity index (χ0) is 16.6. The van der Waals surface area contributed by atoms with E-state index in [0.29, 0.717) is 47.3 Å². The number of fused-ring (bicyclic) bond motifs is 1. The Morgan fingerprint density at radius 2 is 2.04 bits per heavy atom. The van der Waals surface area contributed by atoms with Gasteiger partial charge in [0.15, 0.2) is 5.78 Å². The predicted octanol–water partition coefficient (Wildman–Crippen LogP) is 3.23. The molecular formula is C16H14Cl2N2O3. The van der Waals surface area contributed by atoms with Crippen LogP contribution in [0.2, 0.25) is 10.0 Å². The number of carbonyl (C=O) groups is 2. The molecule has 3 rings (SSSR count). The van der Waals surface area contributed by atoms with Crippen molar-refractivity contribution in [1.82, 2.24) is 4.90 Å². The number of piperidine rings is 1. The van der Waals surface area contributed by atoms with E-state index >= 15 is 0 Å². The van der Waals surface area contributed by atoms with Gasteiger partial charge in [0, 0.05) is 31.0 Å². The van der Waals surface area contributed by atoms with E-state index in [1.165, 1.54) is 0 Å². The lowest BCUT2D eigenvalue weighted by Crippen LogP contribution is -2.52. The van der Waals surface area contributed by atoms with Crippen LogP contribution >= 0.6 is 23.2 Å². The summed E-state index contributed by atoms with van der Waals surface area (Å²) < 4.78 is 6.09. The van der Waals surface area contributed by atoms with E-state index < -0.39 is 5.60 Å². The predicted molar refractivity (Wildman–Crippen MR) is 84.8 cm³/mol. The third-order valence-corrected chi connectivity index (χ3v) is 4.87. The molecule has 2 aliphatic rings. The van der Waals surface area contributed by atoms with Crippen LogP contribution in [0, 0.1) is 11.3 Å². The molecule has 0 unspecified atom stereocenters. The molecule has 1 aromatic carbocycles. The topological polar surface area (TPSA) is 70.4 Å². The fourth-order valence-corrected chi connectivity index (χ4v) is 3.67. The van der Waals surface area contributed by atoms with Gasteiger partial charge in [0.05, 0.1) is 23.1 Å². The van der Waals surface area contributed by atoms with Crippen molar-refractivity contribution < 1.29 is 14.3 Å². The quantitative estimate of drug-likeness (QED) is 0.777. The average molecular weight is 353 g/mol. The number of Topliss-reactive ketones (excluding diaryl/α,β-unsaturated/α-hetero) is 1. The van der Waals surface area contributed by atoms with E-state index in [1.54, 1.807) is 17.0 Å². The van der Waals surface area contributed by atoms with Crippen LogP contribution in [-0.2, 0) is 4.79 Å². The normalized spacial score (nSPS) is 19.0. The summed E-state index contributed by atoms with van der Waals surface area (Å²) >= 11 is 12.1. The Hall–Kier alpha value is -1.77. The summed E-state index contributed by atoms with van der Waals surface area (Å²) in [4.78, 5) is 25.9. The Morgan fingerprint density at radius 3 is 2.70 bits per heavy atom. The average Bonchev–Trinajstić information content (AvgIpc) is 2.50. The molecule has 1 fully saturated rings. The van der Waals surface area contributed by atoms with Gasteiger partial charge in [-0.3, -0.25) is 9.59 Å². The molecule has 0 bridgehead atoms. The minimum absolute atomic E-state index is 0.0487. The lowest BCUT2D eigenvalue weighted by atomic mass is 9.82. The van der Waals surface area contributed by atoms with E-state index in [9.17, 15) is 9.59 Å². The number of rotatable bonds is 1. The number of ether oxygens (including phenoxy) is 1. The molecule has 0 saturated carbocycles. The molecule has 0 aromatic heterocycles. The van der Waals surface area contributed by atoms with Crippen LogP contribution in [0.15, 0.2) is 12.1 Å². The van der Waals surface area contributed by atoms with Crippen molar-refractivity contribution in [3.8, 4) is 11.8 Å². The molecular weight excluding hydrogens is 339 g/mol. The number of hydrogen-bond acceptors (Lipinski definition) is 4. The summed E-state index contributed by atoms with van der Waals surface area (Å²) in [7, 11) is 0. The number of halogens is 2. The van der Waals surface area contributed by atoms with Gasteiger partial charge in [-0.25, -0.2) is 0 Å². The summed E-state index contributed by atoms with van der Waals surface area (Å²) in [6.45, 7) is 0.933. The van der Waals surface area contributed by atoms with Crippen molar-refractivity contribution in [3.63, 3.8) is 0 Å². The number of likely N-dealkylation sites (tertiary alicyclic amines) is 1. The van der Waals surface area contributed by atoms with Gasteiger partial charge in [-0.2, -0.15) is 5.26 Å². The zero-order valence-corrected chi connectivity index (χ0v) is 13.8. The van der Waals surface area contributed by atoms with Gasteiger partial charge >= 0.3 is 0 Å². The maximum Gasteiger partial charge on any atom is 0.236 e. The van der Waals surface area contributed by atoms with E-state index in [0.717, 1.165) is 0 Å². The lowest BCUT2D eigenvalue weighted by molar-refractivity contribution is -0.133. The minimum atomic E-state index is -0.634. The van der Waals surface area contributed by atoms with Crippen LogP contribution in [0.1, 0.15) is 36.0 Å². The van der Waals surface area contributed by atoms with Crippen molar-refractivity contribution >= 4 is 34.9 Å². The maximum absolute atomic E-state index is 12.5. The highest BCUT2D eigenvalue weighted by molar-refractivity contribution is 6.36. The van der Waals surface area contributed by atoms with Crippen LogP contribution in [0.3, 0.4) is 0 Å². The first-order valence-corrected chi connectivity index (χ1v) is 8.06. The first kappa shape index (κ1) is 16.1. The van der Waals surface area contributed by atoms with Gasteiger partial charge in [-0.15, -0.1) is 0 Å². The summed E-state index contributed by atoms with van der Waals surface area (Å²) in [5, 5.41) is 9.34. The van der Waals surface area contributed by atoms with Crippen molar-refractivity contribution in [3.05, 3.63) is 27.7 Å². The third-order valence-electron chi connectivity index (χ3n) is 4.37. The van der Waals surface area contributed by atoms with Gasteiger partial charge in [-0.1, -0.05) is 23.2 Å². The van der Waals surface area contributed by atoms with Crippen LogP contribution < -0.4 is 4.74 Å². The van der Waals surface area contributed by atoms with E-state index in [2.05, 4.69) is 0 Å². The van der Waals surface area contributed by atoms with E-state index in [1.807, 2.05) is 6.07 Å². The summed E-state index contributed by atoms with van der Waals surface area (Å²) in [5.41, 5.74) is -0.221. The second kappa shape index (κ2) is 6.03. The molecule has 120 valence electrons. The summed E-state index contributed by atoms with van der Waals surface area (Å²) in [6.07, 6.45) is 1.19. The molecule has 1 aromatic rings. The Bertz CT molecular complexity index is 719. The zero-order valence-electron chi connectivity index (χ0n) is 12.3. The third kappa shape index (κ3) is 3.01. The van der Waals surface area contributed by atoms with Crippen LogP contribution in [0.4, 0.5) is 0 Å². The van der Waals surface area contributed by atoms with E-state index in [4.69, 9.17) is 33.2 Å². The molecule has 0 aliphatic carbocycles. The summed E-state index contributed by atoms with van der Waals surface area (Å²) in [6, 6.07) is 4.99. The van der Waals surface area contributed by atoms with Crippen molar-refractivity contribution in [2.24, 2.45) is 0 Å². The summed E-state index contributed by atoms with van der Waals surface area (Å²) in [5.74, 6) is 0.145. The minimum Gasteiger partial charge on any atom is -0.484 e. The monoisotopic (exact) mass is 352 g/mol. The molecule has 23 heavy (non-hydrogen) atoms. The van der Waals surface area contributed by atoms with E-state index in [-0.39, 0.29) is 24.5 Å². The molecule has 1 amide bonds. The fourth-order valence-electron chi connectivity index (χ4n) is 3.13. The first-order valence-electron chi connectivity index (χ1n) is 7.30. The molecule has 0 radical (unpaired) electrons. The Kier molecular flexibility index (Phi) is 4.22. The maximum atomic E-state index is 12.5. The molecule has 2 heterocycles. The molecule has 0 N–H and O–H groups in total. The highest BCUT2D eigenvalue weighted by Gasteiger charge is 2.44. The van der Waals surface area contributed by atoms with Crippen LogP contribution in [0.5, 0.6) is 5.75 Å². The number of nitriles is 1. The number of amides is 1. The van der Waals surface area contributed by atoms with Gasteiger partial charge in [0.25, 0.3) is 0 Å². The van der Waals surface area contributed by atoms with Crippen molar-refractivity contribution in [2.75, 3.05) is 13.1 Å². The smallest absolute Gasteiger partial charge is 0.236 e. The standard InChI is InChI=1S/C16H14Cl2N2O3/c17-10-7-11-13(21)9-16(23-15(11)12(18)8-10)2-5-20(6-3-16)14(22)1-4-19/h7-8H,1-3,5-6,9H2. The Morgan fingerprint density at radius 1 is 1.35 bits per heavy atom. The number of nitrogens with zero attached hydrogens (tertiary/aromatic N) is 2. The highest BCUT2D eigenvalue weighted by Crippen LogP contribution is 2.44. The molecule has 1 saturated heterocycles. The van der Waals surface area contributed by atoms with Gasteiger partial charge in [0.1, 0.15) is 17.8 Å². The number of ketones is 1. The van der Waals surface area contributed by atoms with Gasteiger partial charge < -0.3 is 9.64 Å². The fraction of sp³-hybridized carbons (Fsp3) is 0.438. The molecule has 2 aliphatic heterocycles. The lowest BCUT2D eigenvalue weighted by Gasteiger charge is -2.44. The SMILES string of the molecule is N#CCC(=O)N1CCC2(CC1)CC(=O)c1cc(Cl)cc(Cl)c1O2. The molecule has 0 atom stereocenters. The molecule has 1 spiro atoms. The Balaban J connectivity index is 1.80. The Labute approximate surface area is 143 Å². The molecule has 7 heteroatoms. The largest absolute Gasteiger partial charge is 0.484 e. The van der Waals surface area contributed by atoms with Crippen molar-refractivity contribution in [1.29, 1.82) is 5.26 Å². The highest BCUT2D eigenvalue weighted by atomic mass is 35.5. The van der Waals surface area contributed by atoms with Crippen molar-refractivity contribution in [2.45, 2.75) is 31.3 Å². The second-order valence-corrected chi connectivity index (χ2v) is 6.71. The number of benzene rings is 1.